The van der Waals surface area contributed by atoms with Gasteiger partial charge in [0.2, 0.25) is 70.9 Å². The first-order chi connectivity index (χ1) is 50.2. The maximum Gasteiger partial charge on any atom is 0.326 e. The van der Waals surface area contributed by atoms with Gasteiger partial charge in [-0.2, -0.15) is 0 Å². The average molecular weight is 1500 g/mol. The van der Waals surface area contributed by atoms with Crippen LogP contribution in [0, 0.1) is 0 Å². The molecule has 2 fully saturated rings. The molecule has 2 aliphatic heterocycles. The molecule has 2 aliphatic rings. The molecule has 0 aliphatic carbocycles. The predicted molar refractivity (Wildman–Crippen MR) is 363 cm³/mol. The zero-order valence-electron chi connectivity index (χ0n) is 57.6. The maximum atomic E-state index is 14.8. The van der Waals surface area contributed by atoms with E-state index in [-0.39, 0.29) is 99.9 Å². The van der Waals surface area contributed by atoms with Crippen molar-refractivity contribution in [3.05, 3.63) is 59.7 Å². The number of aliphatic carboxylic acids is 6. The summed E-state index contributed by atoms with van der Waals surface area (Å²) in [5, 5.41) is 107. The molecule has 12 atom stereocenters. The summed E-state index contributed by atoms with van der Waals surface area (Å²) < 4.78 is 0. The van der Waals surface area contributed by atoms with Gasteiger partial charge in [0.15, 0.2) is 0 Å². The van der Waals surface area contributed by atoms with Crippen molar-refractivity contribution < 1.29 is 127 Å². The van der Waals surface area contributed by atoms with Crippen LogP contribution in [0.5, 0.6) is 11.5 Å². The molecule has 2 saturated heterocycles. The monoisotopic (exact) mass is 1500 g/mol. The van der Waals surface area contributed by atoms with Gasteiger partial charge in [0.25, 0.3) is 0 Å². The number of carbonyl (C=O) groups excluding carboxylic acids is 12. The number of hydrogen-bond donors (Lipinski definition) is 22. The van der Waals surface area contributed by atoms with Crippen molar-refractivity contribution in [1.82, 2.24) is 63.8 Å². The Balaban J connectivity index is 1.74. The molecule has 40 nitrogen and oxygen atoms in total. The molecule has 12 amide bonds. The van der Waals surface area contributed by atoms with Crippen molar-refractivity contribution in [2.75, 3.05) is 13.1 Å². The number of nitrogens with one attached hydrogen (secondary N) is 12. The van der Waals surface area contributed by atoms with Crippen LogP contribution in [0.1, 0.15) is 140 Å². The molecule has 2 heterocycles. The summed E-state index contributed by atoms with van der Waals surface area (Å²) >= 11 is 0. The molecule has 0 spiro atoms. The van der Waals surface area contributed by atoms with Gasteiger partial charge in [-0.05, 0) is 126 Å². The molecule has 0 radical (unpaired) electrons. The number of amides is 12. The maximum absolute atomic E-state index is 14.8. The second-order valence-electron chi connectivity index (χ2n) is 25.3. The highest BCUT2D eigenvalue weighted by Gasteiger charge is 2.39. The highest BCUT2D eigenvalue weighted by Crippen LogP contribution is 2.18. The topological polar surface area (TPSA) is 666 Å². The van der Waals surface area contributed by atoms with Gasteiger partial charge in [-0.3, -0.25) is 76.7 Å². The first-order valence-electron chi connectivity index (χ1n) is 34.1. The number of aromatic hydroxyl groups is 2. The molecule has 0 saturated carbocycles. The van der Waals surface area contributed by atoms with E-state index < -0.39 is 243 Å². The Morgan fingerprint density at radius 1 is 0.349 bits per heavy atom. The van der Waals surface area contributed by atoms with Gasteiger partial charge >= 0.3 is 35.8 Å². The fourth-order valence-corrected chi connectivity index (χ4v) is 11.1. The van der Waals surface area contributed by atoms with E-state index in [0.29, 0.717) is 12.8 Å². The van der Waals surface area contributed by atoms with Crippen molar-refractivity contribution in [2.45, 2.75) is 214 Å². The predicted octanol–water partition coefficient (Wildman–Crippen LogP) is -5.05. The van der Waals surface area contributed by atoms with E-state index in [1.165, 1.54) is 48.5 Å². The summed E-state index contributed by atoms with van der Waals surface area (Å²) in [6.07, 6.45) is -7.18. The van der Waals surface area contributed by atoms with Gasteiger partial charge < -0.3 is 116 Å². The number of carboxylic acid groups (broad SMARTS) is 6. The van der Waals surface area contributed by atoms with Crippen molar-refractivity contribution in [2.24, 2.45) is 11.5 Å². The molecule has 106 heavy (non-hydrogen) atoms. The number of carbonyl (C=O) groups is 18. The Morgan fingerprint density at radius 3 is 0.896 bits per heavy atom. The lowest BCUT2D eigenvalue weighted by Crippen LogP contribution is -2.60. The van der Waals surface area contributed by atoms with Crippen LogP contribution in [0.4, 0.5) is 0 Å². The molecule has 2 aromatic carbocycles. The largest absolute Gasteiger partial charge is 0.508 e. The highest BCUT2D eigenvalue weighted by molar-refractivity contribution is 6.01. The molecule has 582 valence electrons. The molecule has 2 aromatic rings. The second-order valence-corrected chi connectivity index (χ2v) is 25.3. The Labute approximate surface area is 605 Å². The number of carboxylic acids is 6. The first-order valence-corrected chi connectivity index (χ1v) is 34.1. The Kier molecular flexibility index (Phi) is 36.2. The minimum atomic E-state index is -2.10. The minimum Gasteiger partial charge on any atom is -0.508 e. The lowest BCUT2D eigenvalue weighted by molar-refractivity contribution is -0.143. The number of phenols is 2. The van der Waals surface area contributed by atoms with Gasteiger partial charge in [-0.1, -0.05) is 37.1 Å². The van der Waals surface area contributed by atoms with Gasteiger partial charge in [-0.15, -0.1) is 0 Å². The van der Waals surface area contributed by atoms with Gasteiger partial charge in [0, 0.05) is 38.5 Å². The summed E-state index contributed by atoms with van der Waals surface area (Å²) in [4.78, 5) is 238. The molecular formula is C66H92N14O26. The van der Waals surface area contributed by atoms with Crippen LogP contribution in [-0.2, 0) is 99.1 Å². The smallest absolute Gasteiger partial charge is 0.326 e. The summed E-state index contributed by atoms with van der Waals surface area (Å²) in [5.41, 5.74) is 11.7. The van der Waals surface area contributed by atoms with Crippen molar-refractivity contribution in [1.29, 1.82) is 0 Å². The summed E-state index contributed by atoms with van der Waals surface area (Å²) in [5.74, 6) is -22.7. The van der Waals surface area contributed by atoms with Crippen molar-refractivity contribution in [3.63, 3.8) is 0 Å². The SMILES string of the molecule is NCCCC[C@H](NC(=O)C(CCCCC(NC(=O)[C@H](Cc1ccc(O)cc1)NC(=O)[C@H](CC(=O)O)NC(=O)[C@H](CCC(=O)O)NC(=O)[C@@H]1CCC(=O)N1)C(=O)N[C@@H](CCCCN)C(=O)O)NC(=O)[C@H](Cc1ccc(O)cc1)NC(=O)[C@H](CC(=O)O)NC(=O)[C@H](CCC(=O)O)NC(=O)C1CCC(=O)N1)C(=O)O. The van der Waals surface area contributed by atoms with Crippen LogP contribution in [0.3, 0.4) is 0 Å². The van der Waals surface area contributed by atoms with E-state index >= 15 is 0 Å². The standard InChI is InChI=1S/C66H92N14O26/c67-27-5-3-9-43(65(103)104)75-55(93)37(71-61(99)45(29-33-11-15-35(81)16-12-33)77-63(101)47(31-53(89)90)79-59(97)41(21-25-51(85)86)73-57(95)39-19-23-49(83)69-39)7-1-2-8-38(56(94)76-44(66(105)106)10-4-6-28-68)72-62(100)46(30-34-13-17-36(82)18-14-34)78-64(102)48(32-54(91)92)80-60(98)42(22-26-52(87)88)74-58(96)40-20-24-50(84)70-40/h11-18,37-48,81-82H,1-10,19-32,67-68H2,(H,69,83)(H,70,84)(H,71,99)(H,72,100)(H,73,95)(H,74,96)(H,75,93)(H,76,94)(H,77,101)(H,78,102)(H,79,97)(H,80,98)(H,85,86)(H,87,88)(H,89,90)(H,91,92)(H,103,104)(H,105,106)/t37?,38?,39-,40?,41-,42-,43-,44-,45-,46-,47-,48-/m0/s1. The van der Waals surface area contributed by atoms with E-state index in [0.717, 1.165) is 0 Å². The highest BCUT2D eigenvalue weighted by atomic mass is 16.4. The Morgan fingerprint density at radius 2 is 0.613 bits per heavy atom. The van der Waals surface area contributed by atoms with Crippen LogP contribution in [-0.4, -0.2) is 233 Å². The number of unbranched alkanes of at least 4 members (excludes halogenated alkanes) is 3. The van der Waals surface area contributed by atoms with E-state index in [9.17, 15) is 127 Å². The number of hydrogen-bond acceptors (Lipinski definition) is 22. The van der Waals surface area contributed by atoms with Crippen LogP contribution >= 0.6 is 0 Å². The lowest BCUT2D eigenvalue weighted by atomic mass is 10.00. The zero-order chi connectivity index (χ0) is 78.7. The van der Waals surface area contributed by atoms with Crippen LogP contribution < -0.4 is 75.3 Å². The lowest BCUT2D eigenvalue weighted by Gasteiger charge is -2.27. The van der Waals surface area contributed by atoms with Crippen molar-refractivity contribution >= 4 is 107 Å². The van der Waals surface area contributed by atoms with Crippen LogP contribution in [0.15, 0.2) is 48.5 Å². The minimum absolute atomic E-state index is 0.00135. The number of benzene rings is 2. The third-order valence-corrected chi connectivity index (χ3v) is 16.8. The Bertz CT molecular complexity index is 3260. The molecular weight excluding hydrogens is 1400 g/mol. The molecule has 4 rings (SSSR count). The van der Waals surface area contributed by atoms with Crippen LogP contribution in [0.25, 0.3) is 0 Å². The zero-order valence-corrected chi connectivity index (χ0v) is 57.6. The molecule has 40 heteroatoms. The Hall–Kier alpha value is -11.6. The fraction of sp³-hybridized carbons (Fsp3) is 0.545. The number of nitrogens with two attached hydrogens (primary N) is 2. The summed E-state index contributed by atoms with van der Waals surface area (Å²) in [6, 6.07) is -10.5. The molecule has 3 unspecified atom stereocenters. The summed E-state index contributed by atoms with van der Waals surface area (Å²) in [7, 11) is 0. The molecule has 0 aromatic heterocycles. The quantitative estimate of drug-likeness (QED) is 0.0276. The van der Waals surface area contributed by atoms with Gasteiger partial charge in [0.1, 0.15) is 84.0 Å². The van der Waals surface area contributed by atoms with Gasteiger partial charge in [0.05, 0.1) is 12.8 Å². The summed E-state index contributed by atoms with van der Waals surface area (Å²) in [6.45, 7) is 0.262. The van der Waals surface area contributed by atoms with E-state index in [4.69, 9.17) is 11.5 Å². The normalized spacial score (nSPS) is 16.6. The third-order valence-electron chi connectivity index (χ3n) is 16.8. The van der Waals surface area contributed by atoms with E-state index in [2.05, 4.69) is 63.8 Å². The van der Waals surface area contributed by atoms with E-state index in [1.807, 2.05) is 0 Å². The third kappa shape index (κ3) is 31.2. The van der Waals surface area contributed by atoms with Crippen LogP contribution in [0.2, 0.25) is 0 Å². The molecule has 24 N–H and O–H groups in total. The van der Waals surface area contributed by atoms with Crippen molar-refractivity contribution in [3.8, 4) is 11.5 Å². The number of rotatable bonds is 49. The fourth-order valence-electron chi connectivity index (χ4n) is 11.1. The average Bonchev–Trinajstić information content (AvgIpc) is 1.50. The number of phenolic OH excluding ortho intramolecular Hbond substituents is 2. The first kappa shape index (κ1) is 86.8. The van der Waals surface area contributed by atoms with E-state index in [1.54, 1.807) is 0 Å². The van der Waals surface area contributed by atoms with Gasteiger partial charge in [-0.25, -0.2) is 9.59 Å². The molecule has 0 bridgehead atoms. The second kappa shape index (κ2) is 44.2.